The van der Waals surface area contributed by atoms with Crippen molar-refractivity contribution in [3.05, 3.63) is 42.0 Å². The minimum Gasteiger partial charge on any atom is -0.493 e. The molecule has 8 heteroatoms. The largest absolute Gasteiger partial charge is 0.493 e. The lowest BCUT2D eigenvalue weighted by atomic mass is 10.1. The lowest BCUT2D eigenvalue weighted by molar-refractivity contribution is 0.0985. The van der Waals surface area contributed by atoms with Crippen LogP contribution >= 0.6 is 11.3 Å². The van der Waals surface area contributed by atoms with Crippen LogP contribution in [0.4, 0.5) is 5.13 Å². The Morgan fingerprint density at radius 2 is 1.81 bits per heavy atom. The smallest absolute Gasteiger partial charge is 0.260 e. The molecule has 7 nitrogen and oxygen atoms in total. The molecule has 0 aliphatic heterocycles. The molecule has 1 aromatic heterocycles. The van der Waals surface area contributed by atoms with Gasteiger partial charge in [-0.3, -0.25) is 9.69 Å². The predicted octanol–water partition coefficient (Wildman–Crippen LogP) is 4.31. The summed E-state index contributed by atoms with van der Waals surface area (Å²) in [6.45, 7) is 3.92. The summed E-state index contributed by atoms with van der Waals surface area (Å²) < 4.78 is 17.4. The van der Waals surface area contributed by atoms with E-state index in [4.69, 9.17) is 19.2 Å². The molecule has 31 heavy (non-hydrogen) atoms. The normalized spacial score (nSPS) is 11.0. The van der Waals surface area contributed by atoms with E-state index in [0.717, 1.165) is 28.9 Å². The summed E-state index contributed by atoms with van der Waals surface area (Å²) in [6, 6.07) is 11.1. The minimum atomic E-state index is -0.128. The zero-order valence-corrected chi connectivity index (χ0v) is 19.5. The van der Waals surface area contributed by atoms with Gasteiger partial charge >= 0.3 is 0 Å². The van der Waals surface area contributed by atoms with Crippen LogP contribution in [0.2, 0.25) is 0 Å². The summed E-state index contributed by atoms with van der Waals surface area (Å²) in [5.74, 6) is 1.70. The third-order valence-electron chi connectivity index (χ3n) is 4.76. The molecule has 3 aromatic rings. The van der Waals surface area contributed by atoms with Gasteiger partial charge in [-0.15, -0.1) is 0 Å². The fourth-order valence-electron chi connectivity index (χ4n) is 3.25. The number of hydrogen-bond donors (Lipinski definition) is 0. The first-order chi connectivity index (χ1) is 15.0. The van der Waals surface area contributed by atoms with Gasteiger partial charge in [0.25, 0.3) is 5.91 Å². The number of fused-ring (bicyclic) bond motifs is 1. The molecule has 0 unspecified atom stereocenters. The number of methoxy groups -OCH3 is 2. The molecular weight excluding hydrogens is 414 g/mol. The number of carbonyl (C=O) groups is 1. The fraction of sp³-hybridized carbons (Fsp3) is 0.391. The van der Waals surface area contributed by atoms with Crippen molar-refractivity contribution in [2.24, 2.45) is 0 Å². The SMILES string of the molecule is CCOc1cccc2sc(N(CCCN(C)C)C(=O)c3ccc(OC)c(OC)c3)nc12. The van der Waals surface area contributed by atoms with Gasteiger partial charge < -0.3 is 19.1 Å². The molecule has 0 radical (unpaired) electrons. The Morgan fingerprint density at radius 3 is 2.48 bits per heavy atom. The van der Waals surface area contributed by atoms with E-state index in [1.807, 2.05) is 39.2 Å². The highest BCUT2D eigenvalue weighted by Crippen LogP contribution is 2.35. The van der Waals surface area contributed by atoms with Gasteiger partial charge in [-0.1, -0.05) is 17.4 Å². The average Bonchev–Trinajstić information content (AvgIpc) is 3.20. The number of thiazole rings is 1. The third kappa shape index (κ3) is 5.26. The summed E-state index contributed by atoms with van der Waals surface area (Å²) in [4.78, 5) is 22.2. The van der Waals surface area contributed by atoms with Gasteiger partial charge in [-0.25, -0.2) is 4.98 Å². The highest BCUT2D eigenvalue weighted by atomic mass is 32.1. The molecule has 0 spiro atoms. The number of aromatic nitrogens is 1. The molecule has 0 aliphatic carbocycles. The number of rotatable bonds is 10. The zero-order chi connectivity index (χ0) is 22.4. The molecule has 0 atom stereocenters. The van der Waals surface area contributed by atoms with Gasteiger partial charge in [0.15, 0.2) is 16.6 Å². The Labute approximate surface area is 187 Å². The standard InChI is InChI=1S/C23H29N3O4S/c1-6-30-18-9-7-10-20-21(18)24-23(31-20)26(14-8-13-25(2)3)22(27)16-11-12-17(28-4)19(15-16)29-5/h7,9-12,15H,6,8,13-14H2,1-5H3. The topological polar surface area (TPSA) is 64.1 Å². The summed E-state index contributed by atoms with van der Waals surface area (Å²) in [7, 11) is 7.17. The number of amides is 1. The number of carbonyl (C=O) groups excluding carboxylic acids is 1. The van der Waals surface area contributed by atoms with Crippen molar-refractivity contribution in [2.45, 2.75) is 13.3 Å². The van der Waals surface area contributed by atoms with Crippen LogP contribution in [0, 0.1) is 0 Å². The third-order valence-corrected chi connectivity index (χ3v) is 5.81. The summed E-state index contributed by atoms with van der Waals surface area (Å²) in [5, 5.41) is 0.653. The van der Waals surface area contributed by atoms with Crippen molar-refractivity contribution in [1.82, 2.24) is 9.88 Å². The number of benzene rings is 2. The molecular formula is C23H29N3O4S. The van der Waals surface area contributed by atoms with Crippen molar-refractivity contribution in [3.63, 3.8) is 0 Å². The Balaban J connectivity index is 1.99. The number of anilines is 1. The molecule has 0 saturated heterocycles. The van der Waals surface area contributed by atoms with Crippen molar-refractivity contribution >= 4 is 32.6 Å². The maximum absolute atomic E-state index is 13.5. The molecule has 0 aliphatic rings. The fourth-order valence-corrected chi connectivity index (χ4v) is 4.26. The van der Waals surface area contributed by atoms with Crippen LogP contribution in [0.1, 0.15) is 23.7 Å². The number of para-hydroxylation sites is 1. The van der Waals surface area contributed by atoms with Crippen LogP contribution in [-0.2, 0) is 0 Å². The van der Waals surface area contributed by atoms with E-state index in [-0.39, 0.29) is 5.91 Å². The van der Waals surface area contributed by atoms with E-state index in [1.54, 1.807) is 37.3 Å². The van der Waals surface area contributed by atoms with Gasteiger partial charge in [0.2, 0.25) is 0 Å². The average molecular weight is 444 g/mol. The summed E-state index contributed by atoms with van der Waals surface area (Å²) in [5.41, 5.74) is 1.30. The molecule has 3 rings (SSSR count). The molecule has 0 saturated carbocycles. The highest BCUT2D eigenvalue weighted by molar-refractivity contribution is 7.22. The quantitative estimate of drug-likeness (QED) is 0.465. The monoisotopic (exact) mass is 443 g/mol. The molecule has 0 fully saturated rings. The molecule has 1 heterocycles. The molecule has 2 aromatic carbocycles. The maximum Gasteiger partial charge on any atom is 0.260 e. The highest BCUT2D eigenvalue weighted by Gasteiger charge is 2.23. The van der Waals surface area contributed by atoms with E-state index in [2.05, 4.69) is 4.90 Å². The molecule has 0 N–H and O–H groups in total. The maximum atomic E-state index is 13.5. The van der Waals surface area contributed by atoms with E-state index < -0.39 is 0 Å². The Hall–Kier alpha value is -2.84. The van der Waals surface area contributed by atoms with Gasteiger partial charge in [0.1, 0.15) is 11.3 Å². The zero-order valence-electron chi connectivity index (χ0n) is 18.7. The predicted molar refractivity (Wildman–Crippen MR) is 125 cm³/mol. The minimum absolute atomic E-state index is 0.128. The second-order valence-corrected chi connectivity index (χ2v) is 8.22. The van der Waals surface area contributed by atoms with Crippen molar-refractivity contribution < 1.29 is 19.0 Å². The Morgan fingerprint density at radius 1 is 1.03 bits per heavy atom. The van der Waals surface area contributed by atoms with Gasteiger partial charge in [-0.05, 0) is 64.3 Å². The van der Waals surface area contributed by atoms with Crippen LogP contribution < -0.4 is 19.1 Å². The van der Waals surface area contributed by atoms with Gasteiger partial charge in [0, 0.05) is 12.1 Å². The Bertz CT molecular complexity index is 1030. The first kappa shape index (κ1) is 22.8. The van der Waals surface area contributed by atoms with Crippen LogP contribution in [0.25, 0.3) is 10.2 Å². The molecule has 0 bridgehead atoms. The second-order valence-electron chi connectivity index (χ2n) is 7.22. The summed E-state index contributed by atoms with van der Waals surface area (Å²) >= 11 is 1.49. The van der Waals surface area contributed by atoms with E-state index in [9.17, 15) is 4.79 Å². The van der Waals surface area contributed by atoms with Crippen LogP contribution in [0.3, 0.4) is 0 Å². The van der Waals surface area contributed by atoms with E-state index in [0.29, 0.717) is 35.3 Å². The first-order valence-electron chi connectivity index (χ1n) is 10.2. The molecule has 1 amide bonds. The van der Waals surface area contributed by atoms with Crippen molar-refractivity contribution in [2.75, 3.05) is 52.9 Å². The first-order valence-corrected chi connectivity index (χ1v) is 11.0. The van der Waals surface area contributed by atoms with Crippen LogP contribution in [0.5, 0.6) is 17.2 Å². The molecule has 166 valence electrons. The second kappa shape index (κ2) is 10.5. The van der Waals surface area contributed by atoms with Gasteiger partial charge in [-0.2, -0.15) is 0 Å². The van der Waals surface area contributed by atoms with E-state index >= 15 is 0 Å². The van der Waals surface area contributed by atoms with Crippen molar-refractivity contribution in [3.8, 4) is 17.2 Å². The van der Waals surface area contributed by atoms with Crippen LogP contribution in [-0.4, -0.2) is 63.8 Å². The lowest BCUT2D eigenvalue weighted by Crippen LogP contribution is -2.33. The summed E-state index contributed by atoms with van der Waals surface area (Å²) in [6.07, 6.45) is 0.820. The van der Waals surface area contributed by atoms with Gasteiger partial charge in [0.05, 0.1) is 25.5 Å². The van der Waals surface area contributed by atoms with Crippen molar-refractivity contribution in [1.29, 1.82) is 0 Å². The number of nitrogens with zero attached hydrogens (tertiary/aromatic N) is 3. The number of hydrogen-bond acceptors (Lipinski definition) is 7. The van der Waals surface area contributed by atoms with Crippen LogP contribution in [0.15, 0.2) is 36.4 Å². The number of ether oxygens (including phenoxy) is 3. The Kier molecular flexibility index (Phi) is 7.70. The lowest BCUT2D eigenvalue weighted by Gasteiger charge is -2.21. The van der Waals surface area contributed by atoms with E-state index in [1.165, 1.54) is 11.3 Å².